The molecule has 3 rings (SSSR count). The predicted molar refractivity (Wildman–Crippen MR) is 126 cm³/mol. The molecule has 0 spiro atoms. The molecule has 9 heteroatoms. The maximum atomic E-state index is 14.0. The zero-order valence-corrected chi connectivity index (χ0v) is 19.4. The molecule has 0 saturated carbocycles. The number of rotatable bonds is 9. The minimum atomic E-state index is -0.761. The second-order valence-electron chi connectivity index (χ2n) is 7.47. The lowest BCUT2D eigenvalue weighted by atomic mass is 10.1. The fourth-order valence-corrected chi connectivity index (χ4v) is 4.11. The Balaban J connectivity index is 1.67. The summed E-state index contributed by atoms with van der Waals surface area (Å²) in [5.74, 6) is -1.37. The van der Waals surface area contributed by atoms with Gasteiger partial charge in [-0.3, -0.25) is 14.5 Å². The molecule has 1 N–H and O–H groups in total. The van der Waals surface area contributed by atoms with Crippen molar-refractivity contribution in [3.8, 4) is 0 Å². The molecular formula is C24H26FN3O4S. The van der Waals surface area contributed by atoms with Crippen LogP contribution in [0.15, 0.2) is 48.5 Å². The maximum Gasteiger partial charge on any atom is 0.338 e. The Morgan fingerprint density at radius 3 is 2.45 bits per heavy atom. The molecule has 0 unspecified atom stereocenters. The van der Waals surface area contributed by atoms with E-state index in [4.69, 9.17) is 17.0 Å². The average Bonchev–Trinajstić information content (AvgIpc) is 3.02. The Morgan fingerprint density at radius 1 is 1.12 bits per heavy atom. The molecule has 7 nitrogen and oxygen atoms in total. The SMILES string of the molecule is CCOC(=O)c1ccc(NC(=O)C[C@H]2C(=O)N(CC)C(=S)N2CCc2ccccc2F)cc1. The molecule has 1 saturated heterocycles. The third kappa shape index (κ3) is 5.73. The predicted octanol–water partition coefficient (Wildman–Crippen LogP) is 3.39. The van der Waals surface area contributed by atoms with E-state index in [2.05, 4.69) is 5.32 Å². The number of halogens is 1. The maximum absolute atomic E-state index is 14.0. The molecule has 0 aromatic heterocycles. The molecule has 174 valence electrons. The molecule has 1 fully saturated rings. The van der Waals surface area contributed by atoms with Gasteiger partial charge in [-0.1, -0.05) is 18.2 Å². The van der Waals surface area contributed by atoms with E-state index in [1.54, 1.807) is 54.3 Å². The van der Waals surface area contributed by atoms with Crippen LogP contribution in [0.1, 0.15) is 36.2 Å². The van der Waals surface area contributed by atoms with Crippen LogP contribution >= 0.6 is 12.2 Å². The van der Waals surface area contributed by atoms with E-state index in [1.165, 1.54) is 11.0 Å². The Bertz CT molecular complexity index is 1040. The van der Waals surface area contributed by atoms with Crippen LogP contribution < -0.4 is 5.32 Å². The van der Waals surface area contributed by atoms with E-state index in [0.29, 0.717) is 41.4 Å². The summed E-state index contributed by atoms with van der Waals surface area (Å²) < 4.78 is 19.0. The van der Waals surface area contributed by atoms with Crippen LogP contribution in [0, 0.1) is 5.82 Å². The van der Waals surface area contributed by atoms with Crippen molar-refractivity contribution in [3.05, 3.63) is 65.5 Å². The standard InChI is InChI=1S/C24H26FN3O4S/c1-3-27-22(30)20(28(24(27)33)14-13-16-7-5-6-8-19(16)25)15-21(29)26-18-11-9-17(10-12-18)23(31)32-4-2/h5-12,20H,3-4,13-15H2,1-2H3,(H,26,29)/t20-/m0/s1. The fraction of sp³-hybridized carbons (Fsp3) is 0.333. The number of carbonyl (C=O) groups excluding carboxylic acids is 3. The highest BCUT2D eigenvalue weighted by molar-refractivity contribution is 7.80. The highest BCUT2D eigenvalue weighted by Gasteiger charge is 2.42. The second kappa shape index (κ2) is 11.0. The molecule has 0 radical (unpaired) electrons. The number of amides is 2. The number of hydrogen-bond donors (Lipinski definition) is 1. The lowest BCUT2D eigenvalue weighted by Crippen LogP contribution is -2.39. The van der Waals surface area contributed by atoms with Crippen LogP contribution in [-0.4, -0.2) is 58.4 Å². The summed E-state index contributed by atoms with van der Waals surface area (Å²) in [6.07, 6.45) is 0.247. The first-order chi connectivity index (χ1) is 15.8. The molecule has 0 bridgehead atoms. The molecule has 0 aliphatic carbocycles. The largest absolute Gasteiger partial charge is 0.462 e. The number of anilines is 1. The Labute approximate surface area is 197 Å². The first-order valence-electron chi connectivity index (χ1n) is 10.8. The van der Waals surface area contributed by atoms with Gasteiger partial charge >= 0.3 is 5.97 Å². The minimum absolute atomic E-state index is 0.105. The highest BCUT2D eigenvalue weighted by Crippen LogP contribution is 2.22. The van der Waals surface area contributed by atoms with E-state index in [1.807, 2.05) is 6.92 Å². The number of thiocarbonyl (C=S) groups is 1. The van der Waals surface area contributed by atoms with E-state index >= 15 is 0 Å². The van der Waals surface area contributed by atoms with Gasteiger partial charge in [0.25, 0.3) is 5.91 Å². The van der Waals surface area contributed by atoms with Crippen LogP contribution in [0.3, 0.4) is 0 Å². The van der Waals surface area contributed by atoms with Gasteiger partial charge in [0.2, 0.25) is 5.91 Å². The van der Waals surface area contributed by atoms with E-state index in [-0.39, 0.29) is 30.7 Å². The lowest BCUT2D eigenvalue weighted by molar-refractivity contribution is -0.130. The van der Waals surface area contributed by atoms with Gasteiger partial charge in [0, 0.05) is 18.8 Å². The monoisotopic (exact) mass is 471 g/mol. The molecule has 1 aliphatic heterocycles. The van der Waals surface area contributed by atoms with Crippen molar-refractivity contribution in [1.29, 1.82) is 0 Å². The molecule has 33 heavy (non-hydrogen) atoms. The number of benzene rings is 2. The van der Waals surface area contributed by atoms with E-state index < -0.39 is 12.0 Å². The normalized spacial score (nSPS) is 15.7. The van der Waals surface area contributed by atoms with Gasteiger partial charge in [-0.05, 0) is 68.4 Å². The molecule has 1 heterocycles. The minimum Gasteiger partial charge on any atom is -0.462 e. The summed E-state index contributed by atoms with van der Waals surface area (Å²) in [4.78, 5) is 40.5. The molecule has 2 aromatic rings. The summed E-state index contributed by atoms with van der Waals surface area (Å²) in [6.45, 7) is 4.51. The average molecular weight is 472 g/mol. The summed E-state index contributed by atoms with van der Waals surface area (Å²) >= 11 is 5.47. The van der Waals surface area contributed by atoms with Crippen molar-refractivity contribution in [2.45, 2.75) is 32.7 Å². The van der Waals surface area contributed by atoms with Crippen molar-refractivity contribution in [2.24, 2.45) is 0 Å². The van der Waals surface area contributed by atoms with Gasteiger partial charge in [0.1, 0.15) is 11.9 Å². The summed E-state index contributed by atoms with van der Waals surface area (Å²) in [5.41, 5.74) is 1.39. The third-order valence-corrected chi connectivity index (χ3v) is 5.81. The van der Waals surface area contributed by atoms with Crippen molar-refractivity contribution in [2.75, 3.05) is 25.0 Å². The van der Waals surface area contributed by atoms with Crippen LogP contribution in [-0.2, 0) is 20.7 Å². The van der Waals surface area contributed by atoms with Crippen LogP contribution in [0.4, 0.5) is 10.1 Å². The van der Waals surface area contributed by atoms with Gasteiger partial charge in [-0.15, -0.1) is 0 Å². The molecule has 2 amide bonds. The number of nitrogens with one attached hydrogen (secondary N) is 1. The number of likely N-dealkylation sites (N-methyl/N-ethyl adjacent to an activating group) is 1. The van der Waals surface area contributed by atoms with Crippen LogP contribution in [0.25, 0.3) is 0 Å². The number of nitrogens with zero attached hydrogens (tertiary/aromatic N) is 2. The van der Waals surface area contributed by atoms with Gasteiger partial charge in [-0.25, -0.2) is 9.18 Å². The van der Waals surface area contributed by atoms with Crippen molar-refractivity contribution < 1.29 is 23.5 Å². The third-order valence-electron chi connectivity index (χ3n) is 5.36. The number of esters is 1. The Kier molecular flexibility index (Phi) is 8.11. The Morgan fingerprint density at radius 2 is 1.82 bits per heavy atom. The molecule has 2 aromatic carbocycles. The lowest BCUT2D eigenvalue weighted by Gasteiger charge is -2.24. The smallest absolute Gasteiger partial charge is 0.338 e. The zero-order valence-electron chi connectivity index (χ0n) is 18.5. The van der Waals surface area contributed by atoms with Crippen molar-refractivity contribution in [3.63, 3.8) is 0 Å². The van der Waals surface area contributed by atoms with Crippen molar-refractivity contribution in [1.82, 2.24) is 9.80 Å². The molecular weight excluding hydrogens is 445 g/mol. The van der Waals surface area contributed by atoms with Gasteiger partial charge in [0.05, 0.1) is 18.6 Å². The first-order valence-corrected chi connectivity index (χ1v) is 11.2. The van der Waals surface area contributed by atoms with Crippen molar-refractivity contribution >= 4 is 40.8 Å². The van der Waals surface area contributed by atoms with Gasteiger partial charge < -0.3 is 15.0 Å². The van der Waals surface area contributed by atoms with Crippen LogP contribution in [0.5, 0.6) is 0 Å². The summed E-state index contributed by atoms with van der Waals surface area (Å²) in [6, 6.07) is 12.0. The first kappa shape index (κ1) is 24.3. The number of hydrogen-bond acceptors (Lipinski definition) is 5. The van der Waals surface area contributed by atoms with Gasteiger partial charge in [0.15, 0.2) is 5.11 Å². The zero-order chi connectivity index (χ0) is 24.0. The topological polar surface area (TPSA) is 78.9 Å². The Hall–Kier alpha value is -3.33. The molecule has 1 aliphatic rings. The summed E-state index contributed by atoms with van der Waals surface area (Å²) in [7, 11) is 0. The number of ether oxygens (including phenoxy) is 1. The van der Waals surface area contributed by atoms with Crippen LogP contribution in [0.2, 0.25) is 0 Å². The quantitative estimate of drug-likeness (QED) is 0.446. The number of carbonyl (C=O) groups is 3. The fourth-order valence-electron chi connectivity index (χ4n) is 3.67. The van der Waals surface area contributed by atoms with Gasteiger partial charge in [-0.2, -0.15) is 0 Å². The summed E-state index contributed by atoms with van der Waals surface area (Å²) in [5, 5.41) is 3.09. The van der Waals surface area contributed by atoms with E-state index in [0.717, 1.165) is 0 Å². The molecule has 1 atom stereocenters. The second-order valence-corrected chi connectivity index (χ2v) is 7.83. The highest BCUT2D eigenvalue weighted by atomic mass is 32.1. The van der Waals surface area contributed by atoms with E-state index in [9.17, 15) is 18.8 Å².